The summed E-state index contributed by atoms with van der Waals surface area (Å²) in [6.07, 6.45) is 0. The summed E-state index contributed by atoms with van der Waals surface area (Å²) in [4.78, 5) is 11.1. The third-order valence-electron chi connectivity index (χ3n) is 2.14. The molecule has 2 N–H and O–H groups in total. The number of hydrogen-bond donors (Lipinski definition) is 1. The Morgan fingerprint density at radius 2 is 2.17 bits per heavy atom. The smallest absolute Gasteiger partial charge is 0.323 e. The lowest BCUT2D eigenvalue weighted by Gasteiger charge is -2.11. The summed E-state index contributed by atoms with van der Waals surface area (Å²) in [5.41, 5.74) is 5.45. The molecule has 0 saturated carbocycles. The molecule has 7 heteroatoms. The first kappa shape index (κ1) is 15.0. The number of ether oxygens (including phenoxy) is 1. The average molecular weight is 273 g/mol. The second kappa shape index (κ2) is 6.19. The van der Waals surface area contributed by atoms with Crippen molar-refractivity contribution in [2.75, 3.05) is 12.9 Å². The number of aromatic nitrogens is 2. The van der Waals surface area contributed by atoms with E-state index in [2.05, 4.69) is 14.9 Å². The highest BCUT2D eigenvalue weighted by Crippen LogP contribution is 2.21. The Balaban J connectivity index is 2.41. The van der Waals surface area contributed by atoms with Gasteiger partial charge in [-0.25, -0.2) is 0 Å². The highest BCUT2D eigenvalue weighted by Gasteiger charge is 2.21. The summed E-state index contributed by atoms with van der Waals surface area (Å²) in [5, 5.41) is 7.93. The van der Waals surface area contributed by atoms with Crippen LogP contribution in [0.15, 0.2) is 4.42 Å². The quantitative estimate of drug-likeness (QED) is 0.803. The molecule has 0 radical (unpaired) electrons. The fourth-order valence-electron chi connectivity index (χ4n) is 1.11. The van der Waals surface area contributed by atoms with Crippen LogP contribution in [0.4, 0.5) is 0 Å². The van der Waals surface area contributed by atoms with E-state index in [1.54, 1.807) is 0 Å². The van der Waals surface area contributed by atoms with Crippen LogP contribution < -0.4 is 5.73 Å². The topological polar surface area (TPSA) is 91.2 Å². The first-order chi connectivity index (χ1) is 8.34. The molecule has 0 spiro atoms. The van der Waals surface area contributed by atoms with Crippen molar-refractivity contribution < 1.29 is 13.9 Å². The minimum Gasteiger partial charge on any atom is -0.468 e. The van der Waals surface area contributed by atoms with Gasteiger partial charge in [-0.05, 0) is 0 Å². The van der Waals surface area contributed by atoms with Crippen LogP contribution in [0, 0.1) is 0 Å². The van der Waals surface area contributed by atoms with Crippen molar-refractivity contribution in [2.24, 2.45) is 5.73 Å². The van der Waals surface area contributed by atoms with Gasteiger partial charge in [0.25, 0.3) is 0 Å². The van der Waals surface area contributed by atoms with Crippen LogP contribution in [-0.4, -0.2) is 35.1 Å². The van der Waals surface area contributed by atoms with Crippen LogP contribution in [0.1, 0.15) is 32.6 Å². The second-order valence-corrected chi connectivity index (χ2v) is 5.93. The largest absolute Gasteiger partial charge is 0.468 e. The molecule has 1 rings (SSSR count). The molecule has 102 valence electrons. The van der Waals surface area contributed by atoms with Gasteiger partial charge in [-0.2, -0.15) is 0 Å². The van der Waals surface area contributed by atoms with Crippen molar-refractivity contribution >= 4 is 17.7 Å². The maximum absolute atomic E-state index is 11.1. The molecule has 0 aliphatic carbocycles. The van der Waals surface area contributed by atoms with Crippen LogP contribution in [0.2, 0.25) is 0 Å². The maximum atomic E-state index is 11.1. The molecule has 1 unspecified atom stereocenters. The molecule has 0 fully saturated rings. The molecular formula is C11H19N3O3S. The summed E-state index contributed by atoms with van der Waals surface area (Å²) >= 11 is 1.46. The number of methoxy groups -OCH3 is 1. The molecule has 1 heterocycles. The van der Waals surface area contributed by atoms with Gasteiger partial charge in [0.15, 0.2) is 0 Å². The van der Waals surface area contributed by atoms with Crippen molar-refractivity contribution in [3.8, 4) is 0 Å². The Kier molecular flexibility index (Phi) is 5.15. The van der Waals surface area contributed by atoms with Gasteiger partial charge < -0.3 is 14.9 Å². The average Bonchev–Trinajstić information content (AvgIpc) is 2.76. The predicted octanol–water partition coefficient (Wildman–Crippen LogP) is 1.10. The maximum Gasteiger partial charge on any atom is 0.323 e. The van der Waals surface area contributed by atoms with Crippen molar-refractivity contribution in [3.05, 3.63) is 11.8 Å². The second-order valence-electron chi connectivity index (χ2n) is 4.90. The van der Waals surface area contributed by atoms with Crippen LogP contribution in [0.5, 0.6) is 0 Å². The fourth-order valence-corrected chi connectivity index (χ4v) is 1.91. The van der Waals surface area contributed by atoms with Crippen molar-refractivity contribution in [3.63, 3.8) is 0 Å². The molecule has 1 aromatic rings. The van der Waals surface area contributed by atoms with Gasteiger partial charge in [0, 0.05) is 11.2 Å². The van der Waals surface area contributed by atoms with E-state index >= 15 is 0 Å². The highest BCUT2D eigenvalue weighted by atomic mass is 32.2. The van der Waals surface area contributed by atoms with Gasteiger partial charge in [-0.1, -0.05) is 20.8 Å². The SMILES string of the molecule is COC(=O)C(N)CSCc1nnc(C(C)(C)C)o1. The Morgan fingerprint density at radius 1 is 1.50 bits per heavy atom. The number of nitrogens with two attached hydrogens (primary N) is 1. The Hall–Kier alpha value is -1.08. The van der Waals surface area contributed by atoms with Gasteiger partial charge in [-0.3, -0.25) is 4.79 Å². The standard InChI is InChI=1S/C11H19N3O3S/c1-11(2,3)10-14-13-8(17-10)6-18-5-7(12)9(15)16-4/h7H,5-6,12H2,1-4H3. The molecule has 0 saturated heterocycles. The van der Waals surface area contributed by atoms with Gasteiger partial charge in [-0.15, -0.1) is 22.0 Å². The van der Waals surface area contributed by atoms with Crippen LogP contribution in [0.25, 0.3) is 0 Å². The zero-order valence-corrected chi connectivity index (χ0v) is 11.9. The Morgan fingerprint density at radius 3 is 2.67 bits per heavy atom. The van der Waals surface area contributed by atoms with Crippen LogP contribution in [-0.2, 0) is 20.7 Å². The number of carbonyl (C=O) groups is 1. The van der Waals surface area contributed by atoms with E-state index in [0.717, 1.165) is 0 Å². The van der Waals surface area contributed by atoms with Crippen molar-refractivity contribution in [1.29, 1.82) is 0 Å². The third-order valence-corrected chi connectivity index (χ3v) is 3.18. The minimum absolute atomic E-state index is 0.154. The fraction of sp³-hybridized carbons (Fsp3) is 0.727. The summed E-state index contributed by atoms with van der Waals surface area (Å²) in [7, 11) is 1.32. The number of esters is 1. The zero-order valence-electron chi connectivity index (χ0n) is 11.1. The molecule has 1 aromatic heterocycles. The molecule has 0 aliphatic rings. The highest BCUT2D eigenvalue weighted by molar-refractivity contribution is 7.98. The van der Waals surface area contributed by atoms with Gasteiger partial charge in [0.05, 0.1) is 12.9 Å². The van der Waals surface area contributed by atoms with Gasteiger partial charge >= 0.3 is 5.97 Å². The van der Waals surface area contributed by atoms with E-state index in [-0.39, 0.29) is 5.41 Å². The van der Waals surface area contributed by atoms with Crippen molar-refractivity contribution in [1.82, 2.24) is 10.2 Å². The first-order valence-corrected chi connectivity index (χ1v) is 6.74. The normalized spacial score (nSPS) is 13.4. The molecule has 0 bridgehead atoms. The molecule has 18 heavy (non-hydrogen) atoms. The van der Waals surface area contributed by atoms with Crippen LogP contribution >= 0.6 is 11.8 Å². The number of hydrogen-bond acceptors (Lipinski definition) is 7. The number of rotatable bonds is 5. The Bertz CT molecular complexity index is 400. The molecule has 6 nitrogen and oxygen atoms in total. The molecular weight excluding hydrogens is 254 g/mol. The van der Waals surface area contributed by atoms with E-state index in [0.29, 0.717) is 23.3 Å². The van der Waals surface area contributed by atoms with Gasteiger partial charge in [0.1, 0.15) is 6.04 Å². The Labute approximate surface area is 111 Å². The molecule has 0 aliphatic heterocycles. The van der Waals surface area contributed by atoms with E-state index in [4.69, 9.17) is 10.2 Å². The molecule has 0 amide bonds. The first-order valence-electron chi connectivity index (χ1n) is 5.58. The lowest BCUT2D eigenvalue weighted by atomic mass is 9.97. The summed E-state index contributed by atoms with van der Waals surface area (Å²) in [5.74, 6) is 1.73. The summed E-state index contributed by atoms with van der Waals surface area (Å²) < 4.78 is 10.1. The third kappa shape index (κ3) is 4.30. The molecule has 0 aromatic carbocycles. The summed E-state index contributed by atoms with van der Waals surface area (Å²) in [6.45, 7) is 6.01. The number of carbonyl (C=O) groups excluding carboxylic acids is 1. The lowest BCUT2D eigenvalue weighted by Crippen LogP contribution is -2.33. The zero-order chi connectivity index (χ0) is 13.8. The monoisotopic (exact) mass is 273 g/mol. The molecule has 1 atom stereocenters. The van der Waals surface area contributed by atoms with Gasteiger partial charge in [0.2, 0.25) is 11.8 Å². The predicted molar refractivity (Wildman–Crippen MR) is 69.2 cm³/mol. The van der Waals surface area contributed by atoms with E-state index in [1.807, 2.05) is 20.8 Å². The van der Waals surface area contributed by atoms with Crippen molar-refractivity contribution in [2.45, 2.75) is 38.0 Å². The van der Waals surface area contributed by atoms with E-state index in [9.17, 15) is 4.79 Å². The van der Waals surface area contributed by atoms with E-state index in [1.165, 1.54) is 18.9 Å². The summed E-state index contributed by atoms with van der Waals surface area (Å²) in [6, 6.07) is -0.620. The van der Waals surface area contributed by atoms with E-state index < -0.39 is 12.0 Å². The van der Waals surface area contributed by atoms with Crippen LogP contribution in [0.3, 0.4) is 0 Å². The lowest BCUT2D eigenvalue weighted by molar-refractivity contribution is -0.141. The number of thioether (sulfide) groups is 1. The number of nitrogens with zero attached hydrogens (tertiary/aromatic N) is 2. The minimum atomic E-state index is -0.620.